The van der Waals surface area contributed by atoms with E-state index >= 15 is 0 Å². The summed E-state index contributed by atoms with van der Waals surface area (Å²) >= 11 is 1.64. The summed E-state index contributed by atoms with van der Waals surface area (Å²) in [6.45, 7) is 2.62. The summed E-state index contributed by atoms with van der Waals surface area (Å²) in [6.07, 6.45) is -0.627. The molecule has 0 bridgehead atoms. The molecule has 16 heavy (non-hydrogen) atoms. The molecular weight excluding hydrogens is 225 g/mol. The first-order chi connectivity index (χ1) is 7.50. The Kier molecular flexibility index (Phi) is 5.25. The van der Waals surface area contributed by atoms with Crippen molar-refractivity contribution in [3.63, 3.8) is 0 Å². The highest BCUT2D eigenvalue weighted by Crippen LogP contribution is 2.28. The van der Waals surface area contributed by atoms with E-state index in [2.05, 4.69) is 4.90 Å². The van der Waals surface area contributed by atoms with Crippen molar-refractivity contribution in [2.45, 2.75) is 17.9 Å². The van der Waals surface area contributed by atoms with Crippen molar-refractivity contribution in [3.8, 4) is 0 Å². The topological polar surface area (TPSA) is 23.5 Å². The van der Waals surface area contributed by atoms with Crippen molar-refractivity contribution in [3.05, 3.63) is 29.6 Å². The SMILES string of the molecule is CC(O)c1cc(F)ccc1SCCN(C)C. The minimum Gasteiger partial charge on any atom is -0.389 e. The van der Waals surface area contributed by atoms with Crippen LogP contribution in [0.25, 0.3) is 0 Å². The molecule has 0 aliphatic heterocycles. The molecule has 1 unspecified atom stereocenters. The van der Waals surface area contributed by atoms with Gasteiger partial charge in [0.05, 0.1) is 6.10 Å². The lowest BCUT2D eigenvalue weighted by molar-refractivity contribution is 0.196. The maximum Gasteiger partial charge on any atom is 0.123 e. The van der Waals surface area contributed by atoms with Crippen LogP contribution in [0.15, 0.2) is 23.1 Å². The summed E-state index contributed by atoms with van der Waals surface area (Å²) in [5, 5.41) is 9.55. The molecule has 0 amide bonds. The second-order valence-corrected chi connectivity index (χ2v) is 5.15. The van der Waals surface area contributed by atoms with Crippen LogP contribution in [0.3, 0.4) is 0 Å². The standard InChI is InChI=1S/C12H18FNOS/c1-9(15)11-8-10(13)4-5-12(11)16-7-6-14(2)3/h4-5,8-9,15H,6-7H2,1-3H3. The van der Waals surface area contributed by atoms with Gasteiger partial charge in [0.1, 0.15) is 5.82 Å². The van der Waals surface area contributed by atoms with E-state index in [0.717, 1.165) is 17.2 Å². The highest BCUT2D eigenvalue weighted by Gasteiger charge is 2.09. The predicted octanol–water partition coefficient (Wildman–Crippen LogP) is 2.53. The van der Waals surface area contributed by atoms with Gasteiger partial charge in [0.15, 0.2) is 0 Å². The molecule has 0 saturated heterocycles. The zero-order valence-corrected chi connectivity index (χ0v) is 10.7. The largest absolute Gasteiger partial charge is 0.389 e. The number of aliphatic hydroxyl groups excluding tert-OH is 1. The number of aliphatic hydroxyl groups is 1. The molecule has 0 aliphatic rings. The second kappa shape index (κ2) is 6.23. The van der Waals surface area contributed by atoms with Gasteiger partial charge in [0.2, 0.25) is 0 Å². The van der Waals surface area contributed by atoms with Crippen LogP contribution >= 0.6 is 11.8 Å². The Labute approximate surface area is 100 Å². The first-order valence-corrected chi connectivity index (χ1v) is 6.24. The van der Waals surface area contributed by atoms with Crippen LogP contribution in [0.1, 0.15) is 18.6 Å². The number of rotatable bonds is 5. The number of thioether (sulfide) groups is 1. The Hall–Kier alpha value is -0.580. The molecule has 1 aromatic carbocycles. The zero-order chi connectivity index (χ0) is 12.1. The number of halogens is 1. The van der Waals surface area contributed by atoms with Crippen LogP contribution in [-0.2, 0) is 0 Å². The van der Waals surface area contributed by atoms with Crippen LogP contribution in [0.4, 0.5) is 4.39 Å². The molecule has 2 nitrogen and oxygen atoms in total. The zero-order valence-electron chi connectivity index (χ0n) is 9.90. The van der Waals surface area contributed by atoms with Gasteiger partial charge in [-0.25, -0.2) is 4.39 Å². The normalized spacial score (nSPS) is 13.1. The van der Waals surface area contributed by atoms with E-state index in [-0.39, 0.29) is 5.82 Å². The second-order valence-electron chi connectivity index (χ2n) is 4.01. The number of nitrogens with zero attached hydrogens (tertiary/aromatic N) is 1. The highest BCUT2D eigenvalue weighted by molar-refractivity contribution is 7.99. The van der Waals surface area contributed by atoms with Crippen LogP contribution in [0.2, 0.25) is 0 Å². The van der Waals surface area contributed by atoms with Crippen molar-refractivity contribution < 1.29 is 9.50 Å². The fourth-order valence-corrected chi connectivity index (χ4v) is 2.55. The van der Waals surface area contributed by atoms with Gasteiger partial charge < -0.3 is 10.0 Å². The van der Waals surface area contributed by atoms with Crippen molar-refractivity contribution in [1.29, 1.82) is 0 Å². The number of hydrogen-bond donors (Lipinski definition) is 1. The van der Waals surface area contributed by atoms with Crippen LogP contribution in [-0.4, -0.2) is 36.4 Å². The van der Waals surface area contributed by atoms with Gasteiger partial charge in [-0.3, -0.25) is 0 Å². The maximum absolute atomic E-state index is 13.0. The fraction of sp³-hybridized carbons (Fsp3) is 0.500. The molecule has 0 fully saturated rings. The van der Waals surface area contributed by atoms with E-state index in [1.165, 1.54) is 12.1 Å². The van der Waals surface area contributed by atoms with Crippen LogP contribution < -0.4 is 0 Å². The molecule has 1 aromatic rings. The summed E-state index contributed by atoms with van der Waals surface area (Å²) in [5.41, 5.74) is 0.670. The predicted molar refractivity (Wildman–Crippen MR) is 66.3 cm³/mol. The monoisotopic (exact) mass is 243 g/mol. The van der Waals surface area contributed by atoms with E-state index in [1.54, 1.807) is 24.8 Å². The van der Waals surface area contributed by atoms with Crippen LogP contribution in [0, 0.1) is 5.82 Å². The summed E-state index contributed by atoms with van der Waals surface area (Å²) < 4.78 is 13.0. The fourth-order valence-electron chi connectivity index (χ4n) is 1.32. The first kappa shape index (κ1) is 13.5. The third-order valence-electron chi connectivity index (χ3n) is 2.22. The Bertz CT molecular complexity index is 342. The Balaban J connectivity index is 2.71. The molecule has 0 aromatic heterocycles. The van der Waals surface area contributed by atoms with Crippen molar-refractivity contribution in [2.75, 3.05) is 26.4 Å². The van der Waals surface area contributed by atoms with Gasteiger partial charge in [0, 0.05) is 17.2 Å². The quantitative estimate of drug-likeness (QED) is 0.804. The summed E-state index contributed by atoms with van der Waals surface area (Å²) in [5.74, 6) is 0.631. The maximum atomic E-state index is 13.0. The molecule has 1 N–H and O–H groups in total. The molecule has 1 atom stereocenters. The number of benzene rings is 1. The number of hydrogen-bond acceptors (Lipinski definition) is 3. The lowest BCUT2D eigenvalue weighted by Gasteiger charge is -2.13. The van der Waals surface area contributed by atoms with Gasteiger partial charge in [0.25, 0.3) is 0 Å². The minimum absolute atomic E-state index is 0.298. The first-order valence-electron chi connectivity index (χ1n) is 5.25. The minimum atomic E-state index is -0.627. The van der Waals surface area contributed by atoms with Gasteiger partial charge in [-0.15, -0.1) is 11.8 Å². The molecule has 0 saturated carbocycles. The van der Waals surface area contributed by atoms with Crippen molar-refractivity contribution in [1.82, 2.24) is 4.90 Å². The molecule has 0 heterocycles. The molecule has 90 valence electrons. The Morgan fingerprint density at radius 3 is 2.69 bits per heavy atom. The summed E-state index contributed by atoms with van der Waals surface area (Å²) in [4.78, 5) is 3.05. The third kappa shape index (κ3) is 4.12. The average molecular weight is 243 g/mol. The smallest absolute Gasteiger partial charge is 0.123 e. The highest BCUT2D eigenvalue weighted by atomic mass is 32.2. The van der Waals surface area contributed by atoms with E-state index < -0.39 is 6.10 Å². The Morgan fingerprint density at radius 1 is 1.44 bits per heavy atom. The van der Waals surface area contributed by atoms with E-state index in [0.29, 0.717) is 5.56 Å². The van der Waals surface area contributed by atoms with E-state index in [1.807, 2.05) is 14.1 Å². The van der Waals surface area contributed by atoms with Gasteiger partial charge in [-0.2, -0.15) is 0 Å². The molecular formula is C12H18FNOS. The van der Waals surface area contributed by atoms with Crippen molar-refractivity contribution in [2.24, 2.45) is 0 Å². The van der Waals surface area contributed by atoms with Crippen molar-refractivity contribution >= 4 is 11.8 Å². The lowest BCUT2D eigenvalue weighted by Crippen LogP contribution is -2.14. The lowest BCUT2D eigenvalue weighted by atomic mass is 10.1. The Morgan fingerprint density at radius 2 is 2.12 bits per heavy atom. The molecule has 4 heteroatoms. The third-order valence-corrected chi connectivity index (χ3v) is 3.29. The van der Waals surface area contributed by atoms with Crippen LogP contribution in [0.5, 0.6) is 0 Å². The molecule has 0 aliphatic carbocycles. The van der Waals surface area contributed by atoms with Gasteiger partial charge >= 0.3 is 0 Å². The molecule has 0 radical (unpaired) electrons. The molecule has 1 rings (SSSR count). The van der Waals surface area contributed by atoms with Gasteiger partial charge in [-0.05, 0) is 44.8 Å². The van der Waals surface area contributed by atoms with E-state index in [4.69, 9.17) is 0 Å². The summed E-state index contributed by atoms with van der Waals surface area (Å²) in [7, 11) is 4.03. The average Bonchev–Trinajstić information content (AvgIpc) is 2.19. The van der Waals surface area contributed by atoms with E-state index in [9.17, 15) is 9.50 Å². The molecule has 0 spiro atoms. The van der Waals surface area contributed by atoms with Gasteiger partial charge in [-0.1, -0.05) is 0 Å². The summed E-state index contributed by atoms with van der Waals surface area (Å²) in [6, 6.07) is 4.57.